The molecule has 0 unspecified atom stereocenters. The summed E-state index contributed by atoms with van der Waals surface area (Å²) >= 11 is 0. The van der Waals surface area contributed by atoms with E-state index >= 15 is 0 Å². The summed E-state index contributed by atoms with van der Waals surface area (Å²) in [5.41, 5.74) is 5.02. The second kappa shape index (κ2) is 3.59. The van der Waals surface area contributed by atoms with Crippen LogP contribution in [0.1, 0.15) is 0 Å². The molecule has 0 aliphatic heterocycles. The van der Waals surface area contributed by atoms with E-state index in [0.717, 1.165) is 0 Å². The molecule has 0 saturated heterocycles. The first kappa shape index (κ1) is 7.61. The van der Waals surface area contributed by atoms with Gasteiger partial charge in [-0.1, -0.05) is 0 Å². The van der Waals surface area contributed by atoms with Gasteiger partial charge < -0.3 is 15.3 Å². The first-order valence-corrected chi connectivity index (χ1v) is 2.98. The lowest BCUT2D eigenvalue weighted by Gasteiger charge is -2.03. The third-order valence-electron chi connectivity index (χ3n) is 0.701. The van der Waals surface area contributed by atoms with Gasteiger partial charge in [-0.2, -0.15) is 0 Å². The molecule has 48 valence electrons. The third kappa shape index (κ3) is 2.06. The highest BCUT2D eigenvalue weighted by atomic mass is 28.2. The standard InChI is InChI=1S/C3H9NO3Si/c4-2(1-5)3(6)7-8/h2,5H,1,4H2,8H3/t2-/m0/s1. The summed E-state index contributed by atoms with van der Waals surface area (Å²) in [6, 6.07) is -0.854. The van der Waals surface area contributed by atoms with Crippen LogP contribution in [0.4, 0.5) is 0 Å². The van der Waals surface area contributed by atoms with Crippen molar-refractivity contribution in [2.24, 2.45) is 5.73 Å². The fraction of sp³-hybridized carbons (Fsp3) is 0.667. The molecule has 5 heteroatoms. The van der Waals surface area contributed by atoms with Crippen molar-refractivity contribution >= 4 is 16.5 Å². The van der Waals surface area contributed by atoms with Gasteiger partial charge >= 0.3 is 5.97 Å². The van der Waals surface area contributed by atoms with Crippen molar-refractivity contribution < 1.29 is 14.3 Å². The van der Waals surface area contributed by atoms with E-state index in [1.165, 1.54) is 0 Å². The van der Waals surface area contributed by atoms with Crippen LogP contribution in [0, 0.1) is 0 Å². The lowest BCUT2D eigenvalue weighted by molar-refractivity contribution is -0.136. The van der Waals surface area contributed by atoms with E-state index in [9.17, 15) is 4.79 Å². The fourth-order valence-electron chi connectivity index (χ4n) is 0.226. The average molecular weight is 135 g/mol. The molecule has 8 heavy (non-hydrogen) atoms. The molecule has 4 nitrogen and oxygen atoms in total. The van der Waals surface area contributed by atoms with Crippen LogP contribution in [0.5, 0.6) is 0 Å². The molecule has 0 aromatic rings. The van der Waals surface area contributed by atoms with Gasteiger partial charge in [0.25, 0.3) is 0 Å². The number of carbonyl (C=O) groups is 1. The molecule has 0 spiro atoms. The summed E-state index contributed by atoms with van der Waals surface area (Å²) < 4.78 is 4.32. The van der Waals surface area contributed by atoms with Crippen molar-refractivity contribution in [3.63, 3.8) is 0 Å². The van der Waals surface area contributed by atoms with Crippen molar-refractivity contribution in [1.29, 1.82) is 0 Å². The third-order valence-corrected chi connectivity index (χ3v) is 1.10. The van der Waals surface area contributed by atoms with Crippen LogP contribution < -0.4 is 5.73 Å². The second-order valence-electron chi connectivity index (χ2n) is 1.31. The molecule has 0 bridgehead atoms. The Bertz CT molecular complexity index is 86.6. The maximum absolute atomic E-state index is 10.3. The zero-order chi connectivity index (χ0) is 6.57. The number of hydrogen-bond acceptors (Lipinski definition) is 4. The highest BCUT2D eigenvalue weighted by molar-refractivity contribution is 6.06. The number of rotatable bonds is 2. The Labute approximate surface area is 50.2 Å². The summed E-state index contributed by atoms with van der Waals surface area (Å²) in [5, 5.41) is 8.23. The van der Waals surface area contributed by atoms with E-state index in [0.29, 0.717) is 10.5 Å². The number of aliphatic hydroxyl groups excluding tert-OH is 1. The molecular weight excluding hydrogens is 126 g/mol. The van der Waals surface area contributed by atoms with Gasteiger partial charge in [-0.25, -0.2) is 0 Å². The molecule has 0 aromatic heterocycles. The van der Waals surface area contributed by atoms with E-state index in [4.69, 9.17) is 10.8 Å². The van der Waals surface area contributed by atoms with Gasteiger partial charge in [-0.15, -0.1) is 0 Å². The molecule has 0 amide bonds. The molecule has 0 aromatic carbocycles. The molecule has 0 heterocycles. The maximum Gasteiger partial charge on any atom is 0.311 e. The normalized spacial score (nSPS) is 13.2. The van der Waals surface area contributed by atoms with Crippen molar-refractivity contribution in [2.45, 2.75) is 6.04 Å². The second-order valence-corrected chi connectivity index (χ2v) is 1.72. The lowest BCUT2D eigenvalue weighted by atomic mass is 10.3. The summed E-state index contributed by atoms with van der Waals surface area (Å²) in [4.78, 5) is 10.3. The predicted octanol–water partition coefficient (Wildman–Crippen LogP) is -2.87. The smallest absolute Gasteiger partial charge is 0.311 e. The number of nitrogens with two attached hydrogens (primary N) is 1. The first-order valence-electron chi connectivity index (χ1n) is 2.16. The van der Waals surface area contributed by atoms with Gasteiger partial charge in [0, 0.05) is 0 Å². The van der Waals surface area contributed by atoms with Crippen LogP contribution in [0.3, 0.4) is 0 Å². The zero-order valence-corrected chi connectivity index (χ0v) is 6.63. The van der Waals surface area contributed by atoms with E-state index in [2.05, 4.69) is 4.43 Å². The quantitative estimate of drug-likeness (QED) is 0.399. The minimum absolute atomic E-state index is 0.335. The molecular formula is C3H9NO3Si. The van der Waals surface area contributed by atoms with Gasteiger partial charge in [0.05, 0.1) is 6.61 Å². The Kier molecular flexibility index (Phi) is 3.41. The summed E-state index contributed by atoms with van der Waals surface area (Å²) in [5.74, 6) is -0.529. The monoisotopic (exact) mass is 135 g/mol. The molecule has 0 aliphatic carbocycles. The van der Waals surface area contributed by atoms with E-state index in [1.54, 1.807) is 0 Å². The Hall–Kier alpha value is -0.393. The summed E-state index contributed by atoms with van der Waals surface area (Å²) in [6.07, 6.45) is 0. The Morgan fingerprint density at radius 1 is 2.00 bits per heavy atom. The van der Waals surface area contributed by atoms with Gasteiger partial charge in [0.1, 0.15) is 6.04 Å². The number of aliphatic hydroxyl groups is 1. The van der Waals surface area contributed by atoms with Gasteiger partial charge in [-0.3, -0.25) is 4.79 Å². The molecule has 0 rings (SSSR count). The van der Waals surface area contributed by atoms with Crippen LogP contribution in [-0.2, 0) is 9.22 Å². The minimum atomic E-state index is -0.854. The van der Waals surface area contributed by atoms with Crippen LogP contribution in [-0.4, -0.2) is 34.2 Å². The molecule has 0 fully saturated rings. The van der Waals surface area contributed by atoms with Crippen molar-refractivity contribution in [3.05, 3.63) is 0 Å². The predicted molar refractivity (Wildman–Crippen MR) is 31.1 cm³/mol. The zero-order valence-electron chi connectivity index (χ0n) is 4.63. The van der Waals surface area contributed by atoms with Crippen molar-refractivity contribution in [1.82, 2.24) is 0 Å². The highest BCUT2D eigenvalue weighted by Crippen LogP contribution is 1.77. The van der Waals surface area contributed by atoms with Crippen LogP contribution in [0.25, 0.3) is 0 Å². The Morgan fingerprint density at radius 2 is 2.50 bits per heavy atom. The van der Waals surface area contributed by atoms with Gasteiger partial charge in [0.15, 0.2) is 0 Å². The average Bonchev–Trinajstić information content (AvgIpc) is 1.84. The molecule has 0 radical (unpaired) electrons. The van der Waals surface area contributed by atoms with Crippen LogP contribution >= 0.6 is 0 Å². The first-order chi connectivity index (χ1) is 3.72. The molecule has 1 atom stereocenters. The van der Waals surface area contributed by atoms with Gasteiger partial charge in [0.2, 0.25) is 10.5 Å². The fourth-order valence-corrected chi connectivity index (χ4v) is 0.529. The topological polar surface area (TPSA) is 72.5 Å². The molecule has 0 aliphatic rings. The maximum atomic E-state index is 10.3. The highest BCUT2D eigenvalue weighted by Gasteiger charge is 2.09. The van der Waals surface area contributed by atoms with Gasteiger partial charge in [-0.05, 0) is 0 Å². The van der Waals surface area contributed by atoms with E-state index in [1.807, 2.05) is 0 Å². The van der Waals surface area contributed by atoms with E-state index in [-0.39, 0.29) is 6.61 Å². The molecule has 0 saturated carbocycles. The Balaban J connectivity index is 3.46. The minimum Gasteiger partial charge on any atom is -0.528 e. The number of carbonyl (C=O) groups excluding carboxylic acids is 1. The SMILES string of the molecule is N[C@@H](CO)C(=O)O[SiH3]. The van der Waals surface area contributed by atoms with Crippen molar-refractivity contribution in [3.8, 4) is 0 Å². The van der Waals surface area contributed by atoms with Crippen molar-refractivity contribution in [2.75, 3.05) is 6.61 Å². The largest absolute Gasteiger partial charge is 0.528 e. The van der Waals surface area contributed by atoms with Crippen LogP contribution in [0.15, 0.2) is 0 Å². The lowest BCUT2D eigenvalue weighted by Crippen LogP contribution is -2.35. The summed E-state index contributed by atoms with van der Waals surface area (Å²) in [6.45, 7) is -0.346. The Morgan fingerprint density at radius 3 is 2.62 bits per heavy atom. The molecule has 3 N–H and O–H groups in total. The van der Waals surface area contributed by atoms with E-state index < -0.39 is 12.0 Å². The number of hydrogen-bond donors (Lipinski definition) is 2. The summed E-state index contributed by atoms with van der Waals surface area (Å²) in [7, 11) is 0.335. The van der Waals surface area contributed by atoms with Crippen LogP contribution in [0.2, 0.25) is 0 Å².